The van der Waals surface area contributed by atoms with Gasteiger partial charge in [0.2, 0.25) is 0 Å². The van der Waals surface area contributed by atoms with Gasteiger partial charge in [0.1, 0.15) is 5.82 Å². The van der Waals surface area contributed by atoms with Crippen LogP contribution in [0.3, 0.4) is 0 Å². The first kappa shape index (κ1) is 14.5. The van der Waals surface area contributed by atoms with E-state index >= 15 is 0 Å². The maximum Gasteiger partial charge on any atom is 0.130 e. The molecule has 1 aliphatic rings. The molecule has 1 aromatic heterocycles. The van der Waals surface area contributed by atoms with Crippen LogP contribution in [0, 0.1) is 5.82 Å². The number of nitrogens with zero attached hydrogens (tertiary/aromatic N) is 2. The Morgan fingerprint density at radius 2 is 2.10 bits per heavy atom. The number of hydrogen-bond acceptors (Lipinski definition) is 2. The predicted molar refractivity (Wildman–Crippen MR) is 79.8 cm³/mol. The van der Waals surface area contributed by atoms with Gasteiger partial charge in [-0.25, -0.2) is 4.39 Å². The van der Waals surface area contributed by atoms with E-state index in [1.54, 1.807) is 6.07 Å². The molecule has 0 amide bonds. The molecule has 0 radical (unpaired) electrons. The van der Waals surface area contributed by atoms with Crippen LogP contribution in [0.25, 0.3) is 0 Å². The van der Waals surface area contributed by atoms with Gasteiger partial charge in [-0.15, -0.1) is 0 Å². The van der Waals surface area contributed by atoms with Gasteiger partial charge in [-0.1, -0.05) is 30.5 Å². The molecule has 2 aromatic rings. The van der Waals surface area contributed by atoms with Gasteiger partial charge in [-0.2, -0.15) is 5.10 Å². The molecule has 21 heavy (non-hydrogen) atoms. The van der Waals surface area contributed by atoms with Crippen molar-refractivity contribution in [1.82, 2.24) is 9.78 Å². The van der Waals surface area contributed by atoms with Crippen molar-refractivity contribution < 1.29 is 9.50 Å². The first-order valence-corrected chi connectivity index (χ1v) is 7.68. The summed E-state index contributed by atoms with van der Waals surface area (Å²) in [5.41, 5.74) is 1.04. The molecule has 1 aromatic carbocycles. The fraction of sp³-hybridized carbons (Fsp3) is 0.438. The highest BCUT2D eigenvalue weighted by molar-refractivity contribution is 6.30. The lowest BCUT2D eigenvalue weighted by Gasteiger charge is -2.11. The van der Waals surface area contributed by atoms with Crippen molar-refractivity contribution in [2.45, 2.75) is 44.2 Å². The molecule has 1 aliphatic carbocycles. The summed E-state index contributed by atoms with van der Waals surface area (Å²) in [6.45, 7) is 0. The summed E-state index contributed by atoms with van der Waals surface area (Å²) >= 11 is 5.72. The van der Waals surface area contributed by atoms with Crippen LogP contribution in [0.2, 0.25) is 5.02 Å². The van der Waals surface area contributed by atoms with E-state index in [-0.39, 0.29) is 5.56 Å². The fourth-order valence-corrected chi connectivity index (χ4v) is 3.10. The second-order valence-corrected chi connectivity index (χ2v) is 6.05. The first-order chi connectivity index (χ1) is 10.1. The minimum absolute atomic E-state index is 0.259. The quantitative estimate of drug-likeness (QED) is 0.924. The molecule has 5 heteroatoms. The zero-order valence-corrected chi connectivity index (χ0v) is 12.4. The third-order valence-corrected chi connectivity index (χ3v) is 4.32. The van der Waals surface area contributed by atoms with Crippen molar-refractivity contribution in [3.05, 3.63) is 52.6 Å². The molecule has 0 bridgehead atoms. The predicted octanol–water partition coefficient (Wildman–Crippen LogP) is 4.07. The smallest absolute Gasteiger partial charge is 0.130 e. The Hall–Kier alpha value is -1.39. The van der Waals surface area contributed by atoms with Gasteiger partial charge in [0.05, 0.1) is 17.8 Å². The van der Waals surface area contributed by atoms with Gasteiger partial charge in [0, 0.05) is 23.2 Å². The number of hydrogen-bond donors (Lipinski definition) is 1. The molecule has 3 nitrogen and oxygen atoms in total. The van der Waals surface area contributed by atoms with Gasteiger partial charge < -0.3 is 5.11 Å². The molecule has 1 heterocycles. The van der Waals surface area contributed by atoms with Gasteiger partial charge in [0.15, 0.2) is 0 Å². The zero-order valence-electron chi connectivity index (χ0n) is 11.7. The summed E-state index contributed by atoms with van der Waals surface area (Å²) in [7, 11) is 0. The average Bonchev–Trinajstić information content (AvgIpc) is 3.08. The van der Waals surface area contributed by atoms with Crippen LogP contribution < -0.4 is 0 Å². The van der Waals surface area contributed by atoms with Crippen molar-refractivity contribution in [2.75, 3.05) is 0 Å². The van der Waals surface area contributed by atoms with E-state index in [0.29, 0.717) is 17.5 Å². The van der Waals surface area contributed by atoms with Crippen LogP contribution in [0.1, 0.15) is 49.1 Å². The second-order valence-electron chi connectivity index (χ2n) is 5.61. The van der Waals surface area contributed by atoms with Crippen LogP contribution in [-0.4, -0.2) is 14.9 Å². The normalized spacial score (nSPS) is 17.3. The third-order valence-electron chi connectivity index (χ3n) is 4.09. The molecule has 0 aliphatic heterocycles. The van der Waals surface area contributed by atoms with Crippen molar-refractivity contribution in [2.24, 2.45) is 0 Å². The highest BCUT2D eigenvalue weighted by Crippen LogP contribution is 2.29. The number of aromatic nitrogens is 2. The fourth-order valence-electron chi connectivity index (χ4n) is 2.94. The lowest BCUT2D eigenvalue weighted by molar-refractivity contribution is 0.172. The van der Waals surface area contributed by atoms with Crippen LogP contribution in [0.15, 0.2) is 30.5 Å². The Bertz CT molecular complexity index is 622. The van der Waals surface area contributed by atoms with Crippen LogP contribution in [0.4, 0.5) is 4.39 Å². The van der Waals surface area contributed by atoms with E-state index in [1.165, 1.54) is 25.0 Å². The maximum absolute atomic E-state index is 13.8. The first-order valence-electron chi connectivity index (χ1n) is 7.30. The average molecular weight is 309 g/mol. The maximum atomic E-state index is 13.8. The number of rotatable bonds is 4. The number of benzene rings is 1. The highest BCUT2D eigenvalue weighted by atomic mass is 35.5. The Balaban J connectivity index is 1.70. The highest BCUT2D eigenvalue weighted by Gasteiger charge is 2.19. The van der Waals surface area contributed by atoms with E-state index in [9.17, 15) is 9.50 Å². The monoisotopic (exact) mass is 308 g/mol. The number of halogens is 2. The molecule has 112 valence electrons. The Kier molecular flexibility index (Phi) is 4.27. The van der Waals surface area contributed by atoms with Crippen molar-refractivity contribution in [3.63, 3.8) is 0 Å². The summed E-state index contributed by atoms with van der Waals surface area (Å²) in [5.74, 6) is -0.481. The summed E-state index contributed by atoms with van der Waals surface area (Å²) in [4.78, 5) is 0. The lowest BCUT2D eigenvalue weighted by atomic mass is 10.0. The number of aliphatic hydroxyl groups excluding tert-OH is 1. The molecular formula is C16H18ClFN2O. The lowest BCUT2D eigenvalue weighted by Crippen LogP contribution is -2.08. The SMILES string of the molecule is OC(Cc1ccn(C2CCCC2)n1)c1ccc(Cl)cc1F. The molecule has 1 unspecified atom stereocenters. The van der Waals surface area contributed by atoms with Gasteiger partial charge in [-0.05, 0) is 31.0 Å². The Labute approximate surface area is 128 Å². The summed E-state index contributed by atoms with van der Waals surface area (Å²) in [5, 5.41) is 15.0. The van der Waals surface area contributed by atoms with Crippen LogP contribution in [0.5, 0.6) is 0 Å². The minimum Gasteiger partial charge on any atom is -0.388 e. The number of aliphatic hydroxyl groups is 1. The molecule has 1 fully saturated rings. The molecule has 1 saturated carbocycles. The van der Waals surface area contributed by atoms with Crippen LogP contribution in [-0.2, 0) is 6.42 Å². The minimum atomic E-state index is -0.908. The standard InChI is InChI=1S/C16H18ClFN2O/c17-11-5-6-14(15(18)9-11)16(21)10-12-7-8-20(19-12)13-3-1-2-4-13/h5-9,13,16,21H,1-4,10H2. The van der Waals surface area contributed by atoms with Crippen molar-refractivity contribution in [3.8, 4) is 0 Å². The van der Waals surface area contributed by atoms with Gasteiger partial charge in [-0.3, -0.25) is 4.68 Å². The summed E-state index contributed by atoms with van der Waals surface area (Å²) in [6.07, 6.45) is 6.17. The van der Waals surface area contributed by atoms with E-state index in [1.807, 2.05) is 16.9 Å². The van der Waals surface area contributed by atoms with Crippen molar-refractivity contribution >= 4 is 11.6 Å². The molecule has 1 atom stereocenters. The Morgan fingerprint density at radius 1 is 1.33 bits per heavy atom. The summed E-state index contributed by atoms with van der Waals surface area (Å²) in [6, 6.07) is 6.70. The van der Waals surface area contributed by atoms with E-state index in [2.05, 4.69) is 5.10 Å². The largest absolute Gasteiger partial charge is 0.388 e. The third kappa shape index (κ3) is 3.27. The topological polar surface area (TPSA) is 38.0 Å². The molecule has 0 saturated heterocycles. The Morgan fingerprint density at radius 3 is 2.81 bits per heavy atom. The van der Waals surface area contributed by atoms with Crippen LogP contribution >= 0.6 is 11.6 Å². The van der Waals surface area contributed by atoms with Gasteiger partial charge >= 0.3 is 0 Å². The van der Waals surface area contributed by atoms with E-state index < -0.39 is 11.9 Å². The zero-order chi connectivity index (χ0) is 14.8. The molecule has 1 N–H and O–H groups in total. The van der Waals surface area contributed by atoms with Crippen molar-refractivity contribution in [1.29, 1.82) is 0 Å². The van der Waals surface area contributed by atoms with Gasteiger partial charge in [0.25, 0.3) is 0 Å². The molecule has 3 rings (SSSR count). The molecular weight excluding hydrogens is 291 g/mol. The van der Waals surface area contributed by atoms with E-state index in [4.69, 9.17) is 11.6 Å². The summed E-state index contributed by atoms with van der Waals surface area (Å²) < 4.78 is 15.8. The second kappa shape index (κ2) is 6.16. The van der Waals surface area contributed by atoms with E-state index in [0.717, 1.165) is 18.5 Å². The molecule has 0 spiro atoms.